The van der Waals surface area contributed by atoms with Gasteiger partial charge in [-0.15, -0.1) is 13.2 Å². The van der Waals surface area contributed by atoms with Gasteiger partial charge in [0.15, 0.2) is 0 Å². The molecule has 0 saturated heterocycles. The molecule has 0 heterocycles. The van der Waals surface area contributed by atoms with Gasteiger partial charge >= 0.3 is 12.3 Å². The second-order valence-electron chi connectivity index (χ2n) is 3.09. The van der Waals surface area contributed by atoms with E-state index in [4.69, 9.17) is 0 Å². The molecule has 98 valence electrons. The van der Waals surface area contributed by atoms with Gasteiger partial charge in [0.1, 0.15) is 11.5 Å². The van der Waals surface area contributed by atoms with Crippen LogP contribution in [0.3, 0.4) is 0 Å². The van der Waals surface area contributed by atoms with Crippen molar-refractivity contribution in [2.24, 2.45) is 0 Å². The molecule has 0 spiro atoms. The van der Waals surface area contributed by atoms with Crippen LogP contribution in [0.25, 0.3) is 0 Å². The number of carboxylic acid groups (broad SMARTS) is 1. The van der Waals surface area contributed by atoms with E-state index in [9.17, 15) is 27.9 Å². The second kappa shape index (κ2) is 4.94. The maximum Gasteiger partial charge on any atom is 0.573 e. The first-order valence-electron chi connectivity index (χ1n) is 4.48. The molecule has 0 aromatic heterocycles. The van der Waals surface area contributed by atoms with Gasteiger partial charge in [0.05, 0.1) is 5.97 Å². The van der Waals surface area contributed by atoms with Gasteiger partial charge in [-0.3, -0.25) is 4.79 Å². The Bertz CT molecular complexity index is 481. The van der Waals surface area contributed by atoms with E-state index < -0.39 is 29.6 Å². The lowest BCUT2D eigenvalue weighted by Crippen LogP contribution is -2.25. The summed E-state index contributed by atoms with van der Waals surface area (Å²) in [7, 11) is 0. The minimum Gasteiger partial charge on any atom is -0.545 e. The van der Waals surface area contributed by atoms with Crippen LogP contribution < -0.4 is 14.6 Å². The highest BCUT2D eigenvalue weighted by Crippen LogP contribution is 2.29. The fourth-order valence-electron chi connectivity index (χ4n) is 1.11. The number of carbonyl (C=O) groups excluding carboxylic acids is 2. The Hall–Kier alpha value is -2.25. The van der Waals surface area contributed by atoms with Crippen molar-refractivity contribution < 1.29 is 37.3 Å². The van der Waals surface area contributed by atoms with Crippen LogP contribution in [0.5, 0.6) is 11.5 Å². The highest BCUT2D eigenvalue weighted by Gasteiger charge is 2.32. The predicted molar refractivity (Wildman–Crippen MR) is 48.8 cm³/mol. The van der Waals surface area contributed by atoms with E-state index in [0.717, 1.165) is 19.1 Å². The zero-order valence-corrected chi connectivity index (χ0v) is 8.91. The van der Waals surface area contributed by atoms with E-state index in [1.165, 1.54) is 0 Å². The molecule has 0 aliphatic carbocycles. The average Bonchev–Trinajstić information content (AvgIpc) is 2.13. The van der Waals surface area contributed by atoms with Crippen LogP contribution in [0.1, 0.15) is 17.3 Å². The van der Waals surface area contributed by atoms with Crippen molar-refractivity contribution in [2.75, 3.05) is 0 Å². The van der Waals surface area contributed by atoms with Crippen molar-refractivity contribution in [1.82, 2.24) is 0 Å². The Morgan fingerprint density at radius 3 is 2.33 bits per heavy atom. The molecule has 0 aliphatic rings. The standard InChI is InChI=1S/C10H7F3O5/c1-5(14)17-6-2-3-7(9(15)16)8(4-6)18-10(11,12)13/h2-4H,1H3,(H,15,16)/p-1. The van der Waals surface area contributed by atoms with Gasteiger partial charge in [-0.25, -0.2) is 0 Å². The second-order valence-corrected chi connectivity index (χ2v) is 3.09. The highest BCUT2D eigenvalue weighted by atomic mass is 19.4. The topological polar surface area (TPSA) is 75.7 Å². The third-order valence-electron chi connectivity index (χ3n) is 1.66. The monoisotopic (exact) mass is 263 g/mol. The van der Waals surface area contributed by atoms with Gasteiger partial charge < -0.3 is 19.4 Å². The zero-order valence-electron chi connectivity index (χ0n) is 8.91. The molecule has 0 atom stereocenters. The summed E-state index contributed by atoms with van der Waals surface area (Å²) >= 11 is 0. The summed E-state index contributed by atoms with van der Waals surface area (Å²) < 4.78 is 44.1. The number of alkyl halides is 3. The van der Waals surface area contributed by atoms with Crippen molar-refractivity contribution in [3.8, 4) is 11.5 Å². The molecule has 18 heavy (non-hydrogen) atoms. The van der Waals surface area contributed by atoms with Crippen molar-refractivity contribution in [2.45, 2.75) is 13.3 Å². The average molecular weight is 263 g/mol. The van der Waals surface area contributed by atoms with E-state index >= 15 is 0 Å². The number of ether oxygens (including phenoxy) is 2. The molecule has 1 rings (SSSR count). The molecule has 0 fully saturated rings. The van der Waals surface area contributed by atoms with Gasteiger partial charge in [-0.05, 0) is 12.1 Å². The number of hydrogen-bond acceptors (Lipinski definition) is 5. The van der Waals surface area contributed by atoms with Crippen molar-refractivity contribution >= 4 is 11.9 Å². The molecule has 0 saturated carbocycles. The van der Waals surface area contributed by atoms with Gasteiger partial charge in [0, 0.05) is 18.6 Å². The van der Waals surface area contributed by atoms with Crippen LogP contribution in [0, 0.1) is 0 Å². The SMILES string of the molecule is CC(=O)Oc1ccc(C(=O)[O-])c(OC(F)(F)F)c1. The Labute approximate surface area is 98.7 Å². The van der Waals surface area contributed by atoms with Crippen LogP contribution in [-0.4, -0.2) is 18.3 Å². The first-order chi connectivity index (χ1) is 8.19. The highest BCUT2D eigenvalue weighted by molar-refractivity contribution is 5.89. The maximum atomic E-state index is 12.0. The fourth-order valence-corrected chi connectivity index (χ4v) is 1.11. The molecule has 0 amide bonds. The third-order valence-corrected chi connectivity index (χ3v) is 1.66. The molecule has 1 aromatic rings. The number of rotatable bonds is 3. The first kappa shape index (κ1) is 13.8. The molecule has 0 radical (unpaired) electrons. The summed E-state index contributed by atoms with van der Waals surface area (Å²) in [6, 6.07) is 2.43. The zero-order chi connectivity index (χ0) is 13.9. The first-order valence-corrected chi connectivity index (χ1v) is 4.48. The quantitative estimate of drug-likeness (QED) is 0.597. The molecule has 0 bridgehead atoms. The number of carbonyl (C=O) groups is 2. The summed E-state index contributed by atoms with van der Waals surface area (Å²) in [6.45, 7) is 1.04. The molecular formula is C10H6F3O5-. The van der Waals surface area contributed by atoms with Crippen LogP contribution in [0.15, 0.2) is 18.2 Å². The number of hydrogen-bond donors (Lipinski definition) is 0. The smallest absolute Gasteiger partial charge is 0.545 e. The van der Waals surface area contributed by atoms with Crippen LogP contribution in [0.4, 0.5) is 13.2 Å². The lowest BCUT2D eigenvalue weighted by molar-refractivity contribution is -0.276. The summed E-state index contributed by atoms with van der Waals surface area (Å²) in [5.74, 6) is -3.90. The Kier molecular flexibility index (Phi) is 3.79. The Morgan fingerprint density at radius 2 is 1.89 bits per heavy atom. The Morgan fingerprint density at radius 1 is 1.28 bits per heavy atom. The minimum atomic E-state index is -5.07. The number of benzene rings is 1. The van der Waals surface area contributed by atoms with Crippen molar-refractivity contribution in [3.63, 3.8) is 0 Å². The van der Waals surface area contributed by atoms with E-state index in [1.54, 1.807) is 0 Å². The molecule has 0 aliphatic heterocycles. The van der Waals surface area contributed by atoms with Gasteiger partial charge in [0.25, 0.3) is 0 Å². The number of carboxylic acids is 1. The third kappa shape index (κ3) is 3.96. The maximum absolute atomic E-state index is 12.0. The number of halogens is 3. The van der Waals surface area contributed by atoms with E-state index in [1.807, 2.05) is 0 Å². The fraction of sp³-hybridized carbons (Fsp3) is 0.200. The number of aromatic carboxylic acids is 1. The number of esters is 1. The van der Waals surface area contributed by atoms with Gasteiger partial charge in [-0.1, -0.05) is 0 Å². The lowest BCUT2D eigenvalue weighted by atomic mass is 10.2. The summed E-state index contributed by atoms with van der Waals surface area (Å²) in [6.07, 6.45) is -5.07. The normalized spacial score (nSPS) is 10.9. The summed E-state index contributed by atoms with van der Waals surface area (Å²) in [5, 5.41) is 10.6. The molecule has 0 unspecified atom stereocenters. The van der Waals surface area contributed by atoms with Crippen LogP contribution in [0.2, 0.25) is 0 Å². The molecule has 5 nitrogen and oxygen atoms in total. The van der Waals surface area contributed by atoms with Crippen molar-refractivity contribution in [3.05, 3.63) is 23.8 Å². The van der Waals surface area contributed by atoms with Crippen molar-refractivity contribution in [1.29, 1.82) is 0 Å². The lowest BCUT2D eigenvalue weighted by Gasteiger charge is -2.14. The van der Waals surface area contributed by atoms with Crippen LogP contribution in [-0.2, 0) is 4.79 Å². The molecular weight excluding hydrogens is 257 g/mol. The molecule has 1 aromatic carbocycles. The minimum absolute atomic E-state index is 0.272. The molecule has 8 heteroatoms. The molecule has 0 N–H and O–H groups in total. The summed E-state index contributed by atoms with van der Waals surface area (Å²) in [5.41, 5.74) is -0.803. The van der Waals surface area contributed by atoms with E-state index in [2.05, 4.69) is 9.47 Å². The van der Waals surface area contributed by atoms with E-state index in [-0.39, 0.29) is 5.75 Å². The van der Waals surface area contributed by atoms with Gasteiger partial charge in [0.2, 0.25) is 0 Å². The Balaban J connectivity index is 3.15. The summed E-state index contributed by atoms with van der Waals surface area (Å²) in [4.78, 5) is 21.2. The van der Waals surface area contributed by atoms with E-state index in [0.29, 0.717) is 6.07 Å². The van der Waals surface area contributed by atoms with Crippen LogP contribution >= 0.6 is 0 Å². The largest absolute Gasteiger partial charge is 0.573 e. The van der Waals surface area contributed by atoms with Gasteiger partial charge in [-0.2, -0.15) is 0 Å². The predicted octanol–water partition coefficient (Wildman–Crippen LogP) is 0.874.